The number of nitrogens with one attached hydrogen (secondary N) is 1. The van der Waals surface area contributed by atoms with Crippen LogP contribution in [0, 0.1) is 5.82 Å². The van der Waals surface area contributed by atoms with Gasteiger partial charge < -0.3 is 15.2 Å². The highest BCUT2D eigenvalue weighted by Gasteiger charge is 2.21. The molecule has 0 fully saturated rings. The number of carbonyl (C=O) groups is 1. The molecule has 0 saturated heterocycles. The number of aliphatic hydroxyl groups is 1. The number of hydrogen-bond donors (Lipinski definition) is 2. The van der Waals surface area contributed by atoms with Gasteiger partial charge in [0.05, 0.1) is 5.60 Å². The molecule has 24 heavy (non-hydrogen) atoms. The van der Waals surface area contributed by atoms with Gasteiger partial charge in [-0.15, -0.1) is 0 Å². The van der Waals surface area contributed by atoms with Crippen molar-refractivity contribution in [1.82, 2.24) is 5.32 Å². The molecule has 0 aliphatic rings. The van der Waals surface area contributed by atoms with Crippen LogP contribution in [0.25, 0.3) is 0 Å². The minimum Gasteiger partial charge on any atom is -0.484 e. The number of ether oxygens (including phenoxy) is 1. The molecule has 0 aliphatic heterocycles. The SMILES string of the molecule is CC(O)(CCc1ccccc1)CNC(=O)COc1ccc(F)cc1. The molecule has 0 heterocycles. The highest BCUT2D eigenvalue weighted by Crippen LogP contribution is 2.13. The molecule has 2 rings (SSSR count). The number of carbonyl (C=O) groups excluding carboxylic acids is 1. The van der Waals surface area contributed by atoms with Crippen LogP contribution in [0.5, 0.6) is 5.75 Å². The highest BCUT2D eigenvalue weighted by atomic mass is 19.1. The topological polar surface area (TPSA) is 58.6 Å². The molecule has 0 bridgehead atoms. The van der Waals surface area contributed by atoms with Crippen molar-refractivity contribution in [2.45, 2.75) is 25.4 Å². The average molecular weight is 331 g/mol. The Morgan fingerprint density at radius 3 is 2.50 bits per heavy atom. The molecule has 2 aromatic carbocycles. The van der Waals surface area contributed by atoms with E-state index in [0.29, 0.717) is 12.2 Å². The molecule has 1 amide bonds. The highest BCUT2D eigenvalue weighted by molar-refractivity contribution is 5.77. The van der Waals surface area contributed by atoms with Crippen LogP contribution in [0.2, 0.25) is 0 Å². The Labute approximate surface area is 141 Å². The van der Waals surface area contributed by atoms with Crippen LogP contribution in [-0.2, 0) is 11.2 Å². The van der Waals surface area contributed by atoms with Crippen LogP contribution < -0.4 is 10.1 Å². The van der Waals surface area contributed by atoms with E-state index in [2.05, 4.69) is 5.32 Å². The molecule has 128 valence electrons. The molecule has 4 nitrogen and oxygen atoms in total. The Balaban J connectivity index is 1.70. The van der Waals surface area contributed by atoms with Gasteiger partial charge in [-0.1, -0.05) is 30.3 Å². The van der Waals surface area contributed by atoms with Crippen molar-refractivity contribution >= 4 is 5.91 Å². The molecule has 2 aromatic rings. The Morgan fingerprint density at radius 1 is 1.17 bits per heavy atom. The number of amides is 1. The lowest BCUT2D eigenvalue weighted by Gasteiger charge is -2.23. The lowest BCUT2D eigenvalue weighted by atomic mass is 9.97. The Bertz CT molecular complexity index is 641. The Kier molecular flexibility index (Phi) is 6.32. The minimum atomic E-state index is -0.999. The summed E-state index contributed by atoms with van der Waals surface area (Å²) >= 11 is 0. The molecule has 0 radical (unpaired) electrons. The van der Waals surface area contributed by atoms with E-state index in [9.17, 15) is 14.3 Å². The van der Waals surface area contributed by atoms with Gasteiger partial charge in [-0.25, -0.2) is 4.39 Å². The maximum absolute atomic E-state index is 12.8. The lowest BCUT2D eigenvalue weighted by molar-refractivity contribution is -0.124. The van der Waals surface area contributed by atoms with E-state index in [1.807, 2.05) is 30.3 Å². The average Bonchev–Trinajstić information content (AvgIpc) is 2.59. The summed E-state index contributed by atoms with van der Waals surface area (Å²) in [5.41, 5.74) is 0.144. The second-order valence-electron chi connectivity index (χ2n) is 6.00. The van der Waals surface area contributed by atoms with Crippen LogP contribution in [0.3, 0.4) is 0 Å². The van der Waals surface area contributed by atoms with Gasteiger partial charge in [-0.3, -0.25) is 4.79 Å². The first-order valence-electron chi connectivity index (χ1n) is 7.86. The number of hydrogen-bond acceptors (Lipinski definition) is 3. The largest absolute Gasteiger partial charge is 0.484 e. The predicted octanol–water partition coefficient (Wildman–Crippen LogP) is 2.70. The van der Waals surface area contributed by atoms with Crippen molar-refractivity contribution in [1.29, 1.82) is 0 Å². The van der Waals surface area contributed by atoms with Gasteiger partial charge in [0.25, 0.3) is 5.91 Å². The number of rotatable bonds is 8. The fourth-order valence-corrected chi connectivity index (χ4v) is 2.17. The molecule has 1 atom stereocenters. The van der Waals surface area contributed by atoms with E-state index in [1.54, 1.807) is 6.92 Å². The zero-order chi connectivity index (χ0) is 17.4. The van der Waals surface area contributed by atoms with Gasteiger partial charge in [-0.2, -0.15) is 0 Å². The quantitative estimate of drug-likeness (QED) is 0.782. The Morgan fingerprint density at radius 2 is 1.83 bits per heavy atom. The normalized spacial score (nSPS) is 13.1. The molecule has 2 N–H and O–H groups in total. The van der Waals surface area contributed by atoms with Gasteiger partial charge >= 0.3 is 0 Å². The molecule has 0 aromatic heterocycles. The van der Waals surface area contributed by atoms with Crippen LogP contribution in [0.1, 0.15) is 18.9 Å². The number of aryl methyl sites for hydroxylation is 1. The van der Waals surface area contributed by atoms with Crippen molar-refractivity contribution in [3.8, 4) is 5.75 Å². The summed E-state index contributed by atoms with van der Waals surface area (Å²) in [6.07, 6.45) is 1.27. The second-order valence-corrected chi connectivity index (χ2v) is 6.00. The van der Waals surface area contributed by atoms with Gasteiger partial charge in [0.15, 0.2) is 6.61 Å². The fourth-order valence-electron chi connectivity index (χ4n) is 2.17. The number of benzene rings is 2. The second kappa shape index (κ2) is 8.45. The smallest absolute Gasteiger partial charge is 0.258 e. The van der Waals surface area contributed by atoms with Crippen molar-refractivity contribution in [3.63, 3.8) is 0 Å². The number of halogens is 1. The van der Waals surface area contributed by atoms with E-state index in [-0.39, 0.29) is 24.9 Å². The molecule has 5 heteroatoms. The standard InChI is InChI=1S/C19H22FNO3/c1-19(23,12-11-15-5-3-2-4-6-15)14-21-18(22)13-24-17-9-7-16(20)8-10-17/h2-10,23H,11-14H2,1H3,(H,21,22). The summed E-state index contributed by atoms with van der Waals surface area (Å²) in [5.74, 6) is -0.275. The first kappa shape index (κ1) is 17.9. The predicted molar refractivity (Wildman–Crippen MR) is 90.3 cm³/mol. The summed E-state index contributed by atoms with van der Waals surface area (Å²) in [4.78, 5) is 11.8. The molecule has 0 spiro atoms. The van der Waals surface area contributed by atoms with E-state index in [0.717, 1.165) is 12.0 Å². The van der Waals surface area contributed by atoms with Gasteiger partial charge in [-0.05, 0) is 49.6 Å². The van der Waals surface area contributed by atoms with Crippen molar-refractivity contribution in [2.75, 3.05) is 13.2 Å². The van der Waals surface area contributed by atoms with Gasteiger partial charge in [0.2, 0.25) is 0 Å². The van der Waals surface area contributed by atoms with E-state index in [1.165, 1.54) is 24.3 Å². The Hall–Kier alpha value is -2.40. The van der Waals surface area contributed by atoms with Gasteiger partial charge in [0.1, 0.15) is 11.6 Å². The van der Waals surface area contributed by atoms with Crippen LogP contribution in [0.4, 0.5) is 4.39 Å². The zero-order valence-electron chi connectivity index (χ0n) is 13.7. The fraction of sp³-hybridized carbons (Fsp3) is 0.316. The third-order valence-corrected chi connectivity index (χ3v) is 3.65. The maximum atomic E-state index is 12.8. The third kappa shape index (κ3) is 6.38. The summed E-state index contributed by atoms with van der Waals surface area (Å²) in [6, 6.07) is 15.3. The summed E-state index contributed by atoms with van der Waals surface area (Å²) in [6.45, 7) is 1.66. The summed E-state index contributed by atoms with van der Waals surface area (Å²) in [5, 5.41) is 13.0. The minimum absolute atomic E-state index is 0.144. The van der Waals surface area contributed by atoms with Crippen molar-refractivity contribution < 1.29 is 19.0 Å². The monoisotopic (exact) mass is 331 g/mol. The van der Waals surface area contributed by atoms with Crippen LogP contribution >= 0.6 is 0 Å². The van der Waals surface area contributed by atoms with Crippen molar-refractivity contribution in [3.05, 3.63) is 66.0 Å². The van der Waals surface area contributed by atoms with Crippen molar-refractivity contribution in [2.24, 2.45) is 0 Å². The zero-order valence-corrected chi connectivity index (χ0v) is 13.7. The lowest BCUT2D eigenvalue weighted by Crippen LogP contribution is -2.42. The molecular formula is C19H22FNO3. The molecule has 0 saturated carbocycles. The maximum Gasteiger partial charge on any atom is 0.258 e. The first-order valence-corrected chi connectivity index (χ1v) is 7.86. The summed E-state index contributed by atoms with van der Waals surface area (Å²) < 4.78 is 18.0. The summed E-state index contributed by atoms with van der Waals surface area (Å²) in [7, 11) is 0. The van der Waals surface area contributed by atoms with Gasteiger partial charge in [0, 0.05) is 6.54 Å². The molecular weight excluding hydrogens is 309 g/mol. The third-order valence-electron chi connectivity index (χ3n) is 3.65. The van der Waals surface area contributed by atoms with E-state index < -0.39 is 5.60 Å². The van der Waals surface area contributed by atoms with Crippen LogP contribution in [0.15, 0.2) is 54.6 Å². The molecule has 1 unspecified atom stereocenters. The van der Waals surface area contributed by atoms with E-state index in [4.69, 9.17) is 4.74 Å². The molecule has 0 aliphatic carbocycles. The first-order chi connectivity index (χ1) is 11.4. The van der Waals surface area contributed by atoms with E-state index >= 15 is 0 Å². The van der Waals surface area contributed by atoms with Crippen LogP contribution in [-0.4, -0.2) is 29.8 Å².